The van der Waals surface area contributed by atoms with Gasteiger partial charge in [0.15, 0.2) is 0 Å². The van der Waals surface area contributed by atoms with Gasteiger partial charge >= 0.3 is 0 Å². The van der Waals surface area contributed by atoms with Gasteiger partial charge in [0.2, 0.25) is 0 Å². The molecule has 0 saturated carbocycles. The summed E-state index contributed by atoms with van der Waals surface area (Å²) < 4.78 is 0. The fourth-order valence-corrected chi connectivity index (χ4v) is 3.72. The van der Waals surface area contributed by atoms with Gasteiger partial charge < -0.3 is 0 Å². The fourth-order valence-electron chi connectivity index (χ4n) is 3.72. The van der Waals surface area contributed by atoms with E-state index in [1.807, 2.05) is 0 Å². The molecule has 0 amide bonds. The first-order valence-electron chi connectivity index (χ1n) is 8.68. The van der Waals surface area contributed by atoms with E-state index in [0.717, 1.165) is 12.8 Å². The first-order valence-corrected chi connectivity index (χ1v) is 8.68. The lowest BCUT2D eigenvalue weighted by atomic mass is 9.66. The van der Waals surface area contributed by atoms with Crippen LogP contribution in [0.5, 0.6) is 0 Å². The maximum absolute atomic E-state index is 2.45. The quantitative estimate of drug-likeness (QED) is 0.629. The maximum atomic E-state index is 2.45. The van der Waals surface area contributed by atoms with Crippen molar-refractivity contribution in [1.82, 2.24) is 0 Å². The molecule has 118 valence electrons. The highest BCUT2D eigenvalue weighted by Crippen LogP contribution is 2.44. The molecule has 0 radical (unpaired) electrons. The smallest absolute Gasteiger partial charge is 0.0445 e. The van der Waals surface area contributed by atoms with Gasteiger partial charge in [0.05, 0.1) is 0 Å². The molecular weight excluding hydrogens is 276 g/mol. The van der Waals surface area contributed by atoms with Crippen LogP contribution in [-0.2, 0) is 5.41 Å². The highest BCUT2D eigenvalue weighted by molar-refractivity contribution is 5.53. The molecule has 0 saturated heterocycles. The second-order valence-electron chi connectivity index (χ2n) is 6.72. The third-order valence-electron chi connectivity index (χ3n) is 5.15. The van der Waals surface area contributed by atoms with Crippen molar-refractivity contribution < 1.29 is 0 Å². The zero-order valence-corrected chi connectivity index (χ0v) is 14.4. The summed E-state index contributed by atoms with van der Waals surface area (Å²) in [4.78, 5) is 0. The Morgan fingerprint density at radius 3 is 2.17 bits per heavy atom. The Kier molecular flexibility index (Phi) is 4.52. The van der Waals surface area contributed by atoms with Crippen LogP contribution in [0.2, 0.25) is 0 Å². The van der Waals surface area contributed by atoms with E-state index in [-0.39, 0.29) is 5.41 Å². The van der Waals surface area contributed by atoms with Crippen molar-refractivity contribution in [2.24, 2.45) is 5.92 Å². The minimum atomic E-state index is -0.0500. The largest absolute Gasteiger partial charge is 0.0811 e. The van der Waals surface area contributed by atoms with E-state index < -0.39 is 0 Å². The van der Waals surface area contributed by atoms with Crippen molar-refractivity contribution in [3.63, 3.8) is 0 Å². The summed E-state index contributed by atoms with van der Waals surface area (Å²) in [7, 11) is 0. The topological polar surface area (TPSA) is 0 Å². The Labute approximate surface area is 140 Å². The molecule has 0 spiro atoms. The van der Waals surface area contributed by atoms with Crippen molar-refractivity contribution in [3.8, 4) is 0 Å². The molecule has 2 unspecified atom stereocenters. The molecule has 2 aromatic rings. The summed E-state index contributed by atoms with van der Waals surface area (Å²) in [6.07, 6.45) is 9.35. The molecule has 2 atom stereocenters. The van der Waals surface area contributed by atoms with Crippen molar-refractivity contribution in [1.29, 1.82) is 0 Å². The van der Waals surface area contributed by atoms with Crippen LogP contribution in [0.4, 0.5) is 0 Å². The normalized spacial score (nSPS) is 20.0. The van der Waals surface area contributed by atoms with E-state index >= 15 is 0 Å². The van der Waals surface area contributed by atoms with Gasteiger partial charge in [0.25, 0.3) is 0 Å². The van der Waals surface area contributed by atoms with Crippen LogP contribution in [-0.4, -0.2) is 0 Å². The predicted octanol–water partition coefficient (Wildman–Crippen LogP) is 6.21. The molecular formula is C23H26. The molecule has 0 heterocycles. The van der Waals surface area contributed by atoms with E-state index in [0.29, 0.717) is 5.92 Å². The van der Waals surface area contributed by atoms with Gasteiger partial charge in [0.1, 0.15) is 0 Å². The maximum Gasteiger partial charge on any atom is 0.0445 e. The highest BCUT2D eigenvalue weighted by Gasteiger charge is 2.35. The molecule has 0 fully saturated rings. The predicted molar refractivity (Wildman–Crippen MR) is 99.7 cm³/mol. The zero-order chi connectivity index (χ0) is 16.3. The first kappa shape index (κ1) is 15.8. The summed E-state index contributed by atoms with van der Waals surface area (Å²) in [5.74, 6) is 0.641. The van der Waals surface area contributed by atoms with Crippen molar-refractivity contribution >= 4 is 0 Å². The molecule has 0 nitrogen and oxygen atoms in total. The van der Waals surface area contributed by atoms with E-state index in [9.17, 15) is 0 Å². The lowest BCUT2D eigenvalue weighted by molar-refractivity contribution is 0.578. The van der Waals surface area contributed by atoms with Gasteiger partial charge in [-0.3, -0.25) is 0 Å². The number of allylic oxidation sites excluding steroid dienone is 4. The minimum absolute atomic E-state index is 0.0500. The summed E-state index contributed by atoms with van der Waals surface area (Å²) >= 11 is 0. The number of aryl methyl sites for hydroxylation is 1. The van der Waals surface area contributed by atoms with Gasteiger partial charge in [-0.25, -0.2) is 0 Å². The molecule has 1 aliphatic carbocycles. The Hall–Kier alpha value is -2.08. The highest BCUT2D eigenvalue weighted by atomic mass is 14.4. The fraction of sp³-hybridized carbons (Fsp3) is 0.304. The van der Waals surface area contributed by atoms with Crippen LogP contribution in [0.3, 0.4) is 0 Å². The third kappa shape index (κ3) is 2.91. The SMILES string of the molecule is CCC(C1=CCC(C)C=C1)(c1ccccc1)c1ccc(C)cc1. The number of benzene rings is 2. The van der Waals surface area contributed by atoms with Gasteiger partial charge in [-0.05, 0) is 42.4 Å². The molecule has 23 heavy (non-hydrogen) atoms. The van der Waals surface area contributed by atoms with Gasteiger partial charge in [0, 0.05) is 5.41 Å². The Bertz CT molecular complexity index is 703. The lowest BCUT2D eigenvalue weighted by Gasteiger charge is -2.37. The Morgan fingerprint density at radius 2 is 1.61 bits per heavy atom. The van der Waals surface area contributed by atoms with E-state index in [4.69, 9.17) is 0 Å². The molecule has 1 aliphatic rings. The molecule has 0 heteroatoms. The Balaban J connectivity index is 2.20. The third-order valence-corrected chi connectivity index (χ3v) is 5.15. The Morgan fingerprint density at radius 1 is 0.957 bits per heavy atom. The van der Waals surface area contributed by atoms with Gasteiger partial charge in [-0.1, -0.05) is 92.2 Å². The molecule has 0 bridgehead atoms. The van der Waals surface area contributed by atoms with Crippen LogP contribution < -0.4 is 0 Å². The molecule has 2 aromatic carbocycles. The monoisotopic (exact) mass is 302 g/mol. The van der Waals surface area contributed by atoms with Crippen molar-refractivity contribution in [3.05, 3.63) is 95.1 Å². The number of rotatable bonds is 4. The minimum Gasteiger partial charge on any atom is -0.0811 e. The zero-order valence-electron chi connectivity index (χ0n) is 14.4. The summed E-state index contributed by atoms with van der Waals surface area (Å²) in [6.45, 7) is 6.74. The summed E-state index contributed by atoms with van der Waals surface area (Å²) in [6, 6.07) is 20.0. The summed E-state index contributed by atoms with van der Waals surface area (Å²) in [5.41, 5.74) is 5.48. The lowest BCUT2D eigenvalue weighted by Crippen LogP contribution is -2.29. The van der Waals surface area contributed by atoms with Crippen LogP contribution in [0.25, 0.3) is 0 Å². The second kappa shape index (κ2) is 6.58. The molecule has 0 N–H and O–H groups in total. The average Bonchev–Trinajstić information content (AvgIpc) is 2.60. The first-order chi connectivity index (χ1) is 11.2. The van der Waals surface area contributed by atoms with Crippen LogP contribution in [0, 0.1) is 12.8 Å². The molecule has 3 rings (SSSR count). The van der Waals surface area contributed by atoms with Gasteiger partial charge in [-0.15, -0.1) is 0 Å². The number of hydrogen-bond donors (Lipinski definition) is 0. The molecule has 0 aromatic heterocycles. The standard InChI is InChI=1S/C23H26/c1-4-23(20-8-6-5-7-9-20,21-14-10-18(2)11-15-21)22-16-12-19(3)13-17-22/h5-12,14-17,19H,4,13H2,1-3H3. The van der Waals surface area contributed by atoms with Crippen LogP contribution >= 0.6 is 0 Å². The van der Waals surface area contributed by atoms with E-state index in [1.165, 1.54) is 22.3 Å². The van der Waals surface area contributed by atoms with Crippen LogP contribution in [0.1, 0.15) is 43.4 Å². The van der Waals surface area contributed by atoms with E-state index in [2.05, 4.69) is 93.6 Å². The number of hydrogen-bond acceptors (Lipinski definition) is 0. The summed E-state index contributed by atoms with van der Waals surface area (Å²) in [5, 5.41) is 0. The van der Waals surface area contributed by atoms with Gasteiger partial charge in [-0.2, -0.15) is 0 Å². The van der Waals surface area contributed by atoms with E-state index in [1.54, 1.807) is 0 Å². The van der Waals surface area contributed by atoms with Crippen molar-refractivity contribution in [2.75, 3.05) is 0 Å². The van der Waals surface area contributed by atoms with Crippen molar-refractivity contribution in [2.45, 2.75) is 39.0 Å². The molecule has 0 aliphatic heterocycles. The second-order valence-corrected chi connectivity index (χ2v) is 6.72. The average molecular weight is 302 g/mol. The van der Waals surface area contributed by atoms with Crippen LogP contribution in [0.15, 0.2) is 78.4 Å².